The van der Waals surface area contributed by atoms with E-state index in [1.54, 1.807) is 11.3 Å². The molecule has 1 aromatic rings. The highest BCUT2D eigenvalue weighted by Gasteiger charge is 2.29. The molecule has 1 saturated carbocycles. The minimum Gasteiger partial charge on any atom is -0.314 e. The van der Waals surface area contributed by atoms with Crippen LogP contribution in [0.5, 0.6) is 0 Å². The van der Waals surface area contributed by atoms with Crippen LogP contribution in [-0.4, -0.2) is 17.6 Å². The third-order valence-corrected chi connectivity index (χ3v) is 3.92. The van der Waals surface area contributed by atoms with E-state index in [2.05, 4.69) is 17.2 Å². The first-order chi connectivity index (χ1) is 7.40. The van der Waals surface area contributed by atoms with Crippen molar-refractivity contribution >= 4 is 11.3 Å². The third-order valence-electron chi connectivity index (χ3n) is 3.08. The molecule has 0 aromatic carbocycles. The quantitative estimate of drug-likeness (QED) is 0.770. The van der Waals surface area contributed by atoms with Crippen molar-refractivity contribution in [1.29, 1.82) is 0 Å². The van der Waals surface area contributed by atoms with Gasteiger partial charge >= 0.3 is 0 Å². The van der Waals surface area contributed by atoms with E-state index < -0.39 is 0 Å². The van der Waals surface area contributed by atoms with Gasteiger partial charge < -0.3 is 5.32 Å². The van der Waals surface area contributed by atoms with Crippen molar-refractivity contribution in [2.45, 2.75) is 45.1 Å². The van der Waals surface area contributed by atoms with Gasteiger partial charge in [0.1, 0.15) is 0 Å². The molecule has 2 rings (SSSR count). The van der Waals surface area contributed by atoms with E-state index in [4.69, 9.17) is 0 Å². The van der Waals surface area contributed by atoms with Gasteiger partial charge in [0.15, 0.2) is 0 Å². The Morgan fingerprint density at radius 1 is 1.60 bits per heavy atom. The Balaban J connectivity index is 1.66. The lowest BCUT2D eigenvalue weighted by Crippen LogP contribution is -2.30. The summed E-state index contributed by atoms with van der Waals surface area (Å²) in [6, 6.07) is 0.780. The lowest BCUT2D eigenvalue weighted by atomic mass is 10.0. The molecule has 0 radical (unpaired) electrons. The van der Waals surface area contributed by atoms with Crippen molar-refractivity contribution in [3.63, 3.8) is 0 Å². The van der Waals surface area contributed by atoms with E-state index in [0.29, 0.717) is 0 Å². The first-order valence-electron chi connectivity index (χ1n) is 6.01. The van der Waals surface area contributed by atoms with Gasteiger partial charge in [0, 0.05) is 17.1 Å². The number of aromatic nitrogens is 1. The van der Waals surface area contributed by atoms with Gasteiger partial charge in [0.25, 0.3) is 0 Å². The molecule has 3 heteroatoms. The number of nitrogens with zero attached hydrogens (tertiary/aromatic N) is 1. The Kier molecular flexibility index (Phi) is 4.15. The Hall–Kier alpha value is -0.410. The number of nitrogens with one attached hydrogen (secondary N) is 1. The number of hydrogen-bond acceptors (Lipinski definition) is 3. The molecular formula is C12H20N2S. The van der Waals surface area contributed by atoms with Crippen LogP contribution in [0.4, 0.5) is 0 Å². The van der Waals surface area contributed by atoms with Crippen molar-refractivity contribution in [3.05, 3.63) is 16.6 Å². The fraction of sp³-hybridized carbons (Fsp3) is 0.750. The molecule has 0 amide bonds. The molecular weight excluding hydrogens is 204 g/mol. The Bertz CT molecular complexity index is 267. The van der Waals surface area contributed by atoms with E-state index in [1.807, 2.05) is 11.7 Å². The Morgan fingerprint density at radius 2 is 2.47 bits per heavy atom. The normalized spacial score (nSPS) is 17.9. The van der Waals surface area contributed by atoms with Crippen LogP contribution in [-0.2, 0) is 6.42 Å². The topological polar surface area (TPSA) is 24.9 Å². The van der Waals surface area contributed by atoms with Crippen molar-refractivity contribution < 1.29 is 0 Å². The van der Waals surface area contributed by atoms with Gasteiger partial charge in [-0.2, -0.15) is 0 Å². The van der Waals surface area contributed by atoms with Crippen LogP contribution >= 0.6 is 11.3 Å². The van der Waals surface area contributed by atoms with Crippen LogP contribution in [0.25, 0.3) is 0 Å². The molecule has 1 aliphatic rings. The zero-order chi connectivity index (χ0) is 10.5. The molecule has 1 unspecified atom stereocenters. The van der Waals surface area contributed by atoms with Crippen LogP contribution in [0.3, 0.4) is 0 Å². The molecule has 1 aromatic heterocycles. The monoisotopic (exact) mass is 224 g/mol. The van der Waals surface area contributed by atoms with Crippen molar-refractivity contribution in [1.82, 2.24) is 10.3 Å². The highest BCUT2D eigenvalue weighted by Crippen LogP contribution is 2.34. The van der Waals surface area contributed by atoms with Crippen molar-refractivity contribution in [2.24, 2.45) is 5.92 Å². The molecule has 0 saturated heterocycles. The van der Waals surface area contributed by atoms with E-state index in [-0.39, 0.29) is 0 Å². The van der Waals surface area contributed by atoms with Gasteiger partial charge in [-0.1, -0.05) is 6.92 Å². The predicted octanol–water partition coefficient (Wildman–Crippen LogP) is 2.85. The summed E-state index contributed by atoms with van der Waals surface area (Å²) in [5.41, 5.74) is 1.93. The second-order valence-electron chi connectivity index (χ2n) is 4.36. The summed E-state index contributed by atoms with van der Waals surface area (Å²) in [6.45, 7) is 3.32. The predicted molar refractivity (Wildman–Crippen MR) is 65.2 cm³/mol. The van der Waals surface area contributed by atoms with Gasteiger partial charge in [-0.05, 0) is 44.6 Å². The SMILES string of the molecule is CCNC(CCCc1cncs1)C1CC1. The Labute approximate surface area is 96.1 Å². The number of rotatable bonds is 7. The summed E-state index contributed by atoms with van der Waals surface area (Å²) < 4.78 is 0. The number of thiazole rings is 1. The van der Waals surface area contributed by atoms with Crippen LogP contribution in [0.2, 0.25) is 0 Å². The van der Waals surface area contributed by atoms with Crippen molar-refractivity contribution in [3.8, 4) is 0 Å². The average Bonchev–Trinajstić information content (AvgIpc) is 2.96. The summed E-state index contributed by atoms with van der Waals surface area (Å²) >= 11 is 1.78. The van der Waals surface area contributed by atoms with Crippen LogP contribution < -0.4 is 5.32 Å². The molecule has 15 heavy (non-hydrogen) atoms. The smallest absolute Gasteiger partial charge is 0.0794 e. The molecule has 2 nitrogen and oxygen atoms in total. The zero-order valence-corrected chi connectivity index (χ0v) is 10.2. The van der Waals surface area contributed by atoms with Gasteiger partial charge in [-0.3, -0.25) is 4.98 Å². The van der Waals surface area contributed by atoms with E-state index in [0.717, 1.165) is 18.5 Å². The summed E-state index contributed by atoms with van der Waals surface area (Å²) in [5.74, 6) is 0.978. The van der Waals surface area contributed by atoms with Gasteiger partial charge in [-0.15, -0.1) is 11.3 Å². The standard InChI is InChI=1S/C12H20N2S/c1-2-14-12(10-6-7-10)5-3-4-11-8-13-9-15-11/h8-10,12,14H,2-7H2,1H3. The van der Waals surface area contributed by atoms with Crippen molar-refractivity contribution in [2.75, 3.05) is 6.54 Å². The van der Waals surface area contributed by atoms with Gasteiger partial charge in [0.2, 0.25) is 0 Å². The molecule has 0 bridgehead atoms. The maximum atomic E-state index is 4.11. The lowest BCUT2D eigenvalue weighted by molar-refractivity contribution is 0.435. The molecule has 0 aliphatic heterocycles. The fourth-order valence-electron chi connectivity index (χ4n) is 2.13. The highest BCUT2D eigenvalue weighted by atomic mass is 32.1. The largest absolute Gasteiger partial charge is 0.314 e. The summed E-state index contributed by atoms with van der Waals surface area (Å²) in [6.07, 6.45) is 8.73. The molecule has 84 valence electrons. The molecule has 1 atom stereocenters. The van der Waals surface area contributed by atoms with Crippen LogP contribution in [0.15, 0.2) is 11.7 Å². The molecule has 1 heterocycles. The molecule has 1 N–H and O–H groups in total. The van der Waals surface area contributed by atoms with E-state index in [9.17, 15) is 0 Å². The number of aryl methyl sites for hydroxylation is 1. The van der Waals surface area contributed by atoms with Crippen LogP contribution in [0.1, 0.15) is 37.5 Å². The maximum Gasteiger partial charge on any atom is 0.0794 e. The summed E-state index contributed by atoms with van der Waals surface area (Å²) in [7, 11) is 0. The molecule has 0 spiro atoms. The zero-order valence-electron chi connectivity index (χ0n) is 9.41. The maximum absolute atomic E-state index is 4.11. The van der Waals surface area contributed by atoms with Gasteiger partial charge in [-0.25, -0.2) is 0 Å². The van der Waals surface area contributed by atoms with Gasteiger partial charge in [0.05, 0.1) is 5.51 Å². The number of hydrogen-bond donors (Lipinski definition) is 1. The second-order valence-corrected chi connectivity index (χ2v) is 5.33. The first kappa shape index (κ1) is 11.1. The first-order valence-corrected chi connectivity index (χ1v) is 6.89. The lowest BCUT2D eigenvalue weighted by Gasteiger charge is -2.16. The molecule has 1 fully saturated rings. The minimum atomic E-state index is 0.780. The highest BCUT2D eigenvalue weighted by molar-refractivity contribution is 7.09. The van der Waals surface area contributed by atoms with E-state index in [1.165, 1.54) is 37.0 Å². The minimum absolute atomic E-state index is 0.780. The summed E-state index contributed by atoms with van der Waals surface area (Å²) in [5, 5.41) is 3.61. The average molecular weight is 224 g/mol. The van der Waals surface area contributed by atoms with E-state index >= 15 is 0 Å². The fourth-order valence-corrected chi connectivity index (χ4v) is 2.77. The second kappa shape index (κ2) is 5.61. The van der Waals surface area contributed by atoms with Crippen LogP contribution in [0, 0.1) is 5.92 Å². The molecule has 1 aliphatic carbocycles. The third kappa shape index (κ3) is 3.58. The Morgan fingerprint density at radius 3 is 3.07 bits per heavy atom. The summed E-state index contributed by atoms with van der Waals surface area (Å²) in [4.78, 5) is 5.54.